The number of phenolic OH excluding ortho intramolecular Hbond substituents is 1. The average molecular weight is 281 g/mol. The van der Waals surface area contributed by atoms with Crippen molar-refractivity contribution in [3.05, 3.63) is 71.9 Å². The number of benzene rings is 1. The number of phenols is 1. The Bertz CT molecular complexity index is 631. The fourth-order valence-electron chi connectivity index (χ4n) is 1.69. The molecule has 0 aliphatic carbocycles. The Hall–Kier alpha value is -2.35. The van der Waals surface area contributed by atoms with Gasteiger partial charge >= 0.3 is 0 Å². The fraction of sp³-hybridized carbons (Fsp3) is 0.211. The number of hydrogen-bond acceptors (Lipinski definition) is 2. The zero-order valence-corrected chi connectivity index (χ0v) is 13.2. The van der Waals surface area contributed by atoms with Gasteiger partial charge in [0.2, 0.25) is 0 Å². The van der Waals surface area contributed by atoms with Gasteiger partial charge in [-0.2, -0.15) is 0 Å². The van der Waals surface area contributed by atoms with Crippen LogP contribution in [0.15, 0.2) is 71.3 Å². The molecule has 0 aromatic heterocycles. The molecule has 2 nitrogen and oxygen atoms in total. The molecule has 2 heteroatoms. The maximum atomic E-state index is 9.68. The van der Waals surface area contributed by atoms with Crippen LogP contribution in [0.25, 0.3) is 5.70 Å². The minimum absolute atomic E-state index is 0.235. The molecular formula is C19H23NO. The number of nitrogens with zero attached hydrogens (tertiary/aromatic N) is 1. The van der Waals surface area contributed by atoms with Gasteiger partial charge in [-0.1, -0.05) is 43.0 Å². The van der Waals surface area contributed by atoms with Gasteiger partial charge in [0.05, 0.1) is 5.70 Å². The van der Waals surface area contributed by atoms with E-state index in [1.807, 2.05) is 64.1 Å². The lowest BCUT2D eigenvalue weighted by molar-refractivity contribution is 0.475. The standard InChI is InChI=1S/C19H23NO/c1-6-7-8-10-15(4)19(20-16(5)14(2)3)17-11-9-12-18(21)13-17/h6-13,21H,2H2,1,3-5H3/b7-6-,10-8-,19-15+,20-16?. The van der Waals surface area contributed by atoms with E-state index in [1.165, 1.54) is 0 Å². The lowest BCUT2D eigenvalue weighted by Gasteiger charge is -2.08. The van der Waals surface area contributed by atoms with E-state index in [2.05, 4.69) is 11.6 Å². The molecule has 0 saturated carbocycles. The molecule has 0 amide bonds. The van der Waals surface area contributed by atoms with Crippen LogP contribution in [0.2, 0.25) is 0 Å². The van der Waals surface area contributed by atoms with Gasteiger partial charge < -0.3 is 5.11 Å². The zero-order chi connectivity index (χ0) is 15.8. The number of rotatable bonds is 5. The monoisotopic (exact) mass is 281 g/mol. The second kappa shape index (κ2) is 8.05. The smallest absolute Gasteiger partial charge is 0.116 e. The normalized spacial score (nSPS) is 13.8. The summed E-state index contributed by atoms with van der Waals surface area (Å²) in [4.78, 5) is 4.68. The van der Waals surface area contributed by atoms with Crippen LogP contribution in [-0.2, 0) is 0 Å². The van der Waals surface area contributed by atoms with Crippen molar-refractivity contribution < 1.29 is 5.11 Å². The molecule has 0 aliphatic heterocycles. The van der Waals surface area contributed by atoms with Crippen LogP contribution in [0.5, 0.6) is 5.75 Å². The third-order valence-corrected chi connectivity index (χ3v) is 3.04. The van der Waals surface area contributed by atoms with Crippen LogP contribution in [-0.4, -0.2) is 10.8 Å². The summed E-state index contributed by atoms with van der Waals surface area (Å²) in [6.45, 7) is 11.8. The van der Waals surface area contributed by atoms with Crippen molar-refractivity contribution in [3.8, 4) is 5.75 Å². The molecule has 0 saturated heterocycles. The Morgan fingerprint density at radius 3 is 2.48 bits per heavy atom. The van der Waals surface area contributed by atoms with Crippen LogP contribution in [0.3, 0.4) is 0 Å². The van der Waals surface area contributed by atoms with Crippen LogP contribution in [0, 0.1) is 0 Å². The predicted octanol–water partition coefficient (Wildman–Crippen LogP) is 5.29. The molecule has 0 fully saturated rings. The second-order valence-corrected chi connectivity index (χ2v) is 4.94. The topological polar surface area (TPSA) is 32.6 Å². The molecule has 0 atom stereocenters. The molecule has 0 heterocycles. The molecule has 1 aromatic carbocycles. The molecule has 1 N–H and O–H groups in total. The van der Waals surface area contributed by atoms with E-state index >= 15 is 0 Å². The van der Waals surface area contributed by atoms with Crippen LogP contribution < -0.4 is 0 Å². The predicted molar refractivity (Wildman–Crippen MR) is 92.6 cm³/mol. The summed E-state index contributed by atoms with van der Waals surface area (Å²) in [7, 11) is 0. The second-order valence-electron chi connectivity index (χ2n) is 4.94. The highest BCUT2D eigenvalue weighted by Gasteiger charge is 2.05. The largest absolute Gasteiger partial charge is 0.508 e. The number of allylic oxidation sites excluding steroid dienone is 6. The first-order valence-electron chi connectivity index (χ1n) is 6.96. The Morgan fingerprint density at radius 2 is 1.90 bits per heavy atom. The molecule has 0 radical (unpaired) electrons. The van der Waals surface area contributed by atoms with E-state index in [0.717, 1.165) is 28.1 Å². The van der Waals surface area contributed by atoms with Crippen molar-refractivity contribution in [2.75, 3.05) is 0 Å². The summed E-state index contributed by atoms with van der Waals surface area (Å²) in [6, 6.07) is 7.13. The van der Waals surface area contributed by atoms with Crippen molar-refractivity contribution in [1.29, 1.82) is 0 Å². The van der Waals surface area contributed by atoms with E-state index in [1.54, 1.807) is 12.1 Å². The first-order valence-corrected chi connectivity index (χ1v) is 6.96. The summed E-state index contributed by atoms with van der Waals surface area (Å²) in [5.74, 6) is 0.235. The maximum absolute atomic E-state index is 9.68. The maximum Gasteiger partial charge on any atom is 0.116 e. The molecule has 0 spiro atoms. The number of aromatic hydroxyl groups is 1. The summed E-state index contributed by atoms with van der Waals surface area (Å²) < 4.78 is 0. The minimum atomic E-state index is 0.235. The first-order chi connectivity index (χ1) is 9.95. The highest BCUT2D eigenvalue weighted by atomic mass is 16.3. The zero-order valence-electron chi connectivity index (χ0n) is 13.2. The molecule has 1 rings (SSSR count). The quantitative estimate of drug-likeness (QED) is 0.577. The summed E-state index contributed by atoms with van der Waals surface area (Å²) in [6.07, 6.45) is 7.93. The number of aliphatic imine (C=N–C) groups is 1. The van der Waals surface area contributed by atoms with Crippen molar-refractivity contribution >= 4 is 11.4 Å². The summed E-state index contributed by atoms with van der Waals surface area (Å²) in [5.41, 5.74) is 4.56. The molecule has 0 unspecified atom stereocenters. The lowest BCUT2D eigenvalue weighted by atomic mass is 10.1. The Balaban J connectivity index is 3.39. The lowest BCUT2D eigenvalue weighted by Crippen LogP contribution is -1.95. The summed E-state index contributed by atoms with van der Waals surface area (Å²) in [5, 5.41) is 9.68. The van der Waals surface area contributed by atoms with Crippen LogP contribution >= 0.6 is 0 Å². The van der Waals surface area contributed by atoms with Gasteiger partial charge in [-0.05, 0) is 51.0 Å². The van der Waals surface area contributed by atoms with E-state index in [-0.39, 0.29) is 5.75 Å². The Kier molecular flexibility index (Phi) is 6.41. The van der Waals surface area contributed by atoms with Gasteiger partial charge in [-0.25, -0.2) is 0 Å². The number of hydrogen-bond donors (Lipinski definition) is 1. The van der Waals surface area contributed by atoms with Gasteiger partial charge in [0.1, 0.15) is 5.75 Å². The SMILES string of the molecule is C=C(C)C(C)=N/C(=C(C)/C=C\C=C/C)c1cccc(O)c1. The van der Waals surface area contributed by atoms with Crippen LogP contribution in [0.4, 0.5) is 0 Å². The molecule has 110 valence electrons. The van der Waals surface area contributed by atoms with E-state index in [9.17, 15) is 5.11 Å². The van der Waals surface area contributed by atoms with Gasteiger partial charge in [-0.3, -0.25) is 4.99 Å². The first kappa shape index (κ1) is 16.7. The minimum Gasteiger partial charge on any atom is -0.508 e. The van der Waals surface area contributed by atoms with Gasteiger partial charge in [0.25, 0.3) is 0 Å². The fourth-order valence-corrected chi connectivity index (χ4v) is 1.69. The molecular weight excluding hydrogens is 258 g/mol. The van der Waals surface area contributed by atoms with E-state index in [0.29, 0.717) is 0 Å². The van der Waals surface area contributed by atoms with Crippen molar-refractivity contribution in [3.63, 3.8) is 0 Å². The third-order valence-electron chi connectivity index (χ3n) is 3.04. The van der Waals surface area contributed by atoms with Gasteiger partial charge in [0, 0.05) is 11.3 Å². The molecule has 0 bridgehead atoms. The highest BCUT2D eigenvalue weighted by Crippen LogP contribution is 2.25. The Labute approximate surface area is 127 Å². The average Bonchev–Trinajstić information content (AvgIpc) is 2.44. The van der Waals surface area contributed by atoms with Gasteiger partial charge in [-0.15, -0.1) is 0 Å². The van der Waals surface area contributed by atoms with Crippen molar-refractivity contribution in [2.45, 2.75) is 27.7 Å². The van der Waals surface area contributed by atoms with Crippen LogP contribution in [0.1, 0.15) is 33.3 Å². The Morgan fingerprint density at radius 1 is 1.19 bits per heavy atom. The van der Waals surface area contributed by atoms with Crippen molar-refractivity contribution in [2.24, 2.45) is 4.99 Å². The molecule has 21 heavy (non-hydrogen) atoms. The van der Waals surface area contributed by atoms with Crippen molar-refractivity contribution in [1.82, 2.24) is 0 Å². The molecule has 1 aromatic rings. The van der Waals surface area contributed by atoms with Gasteiger partial charge in [0.15, 0.2) is 0 Å². The molecule has 0 aliphatic rings. The highest BCUT2D eigenvalue weighted by molar-refractivity contribution is 6.00. The summed E-state index contributed by atoms with van der Waals surface area (Å²) >= 11 is 0. The third kappa shape index (κ3) is 5.27. The van der Waals surface area contributed by atoms with E-state index < -0.39 is 0 Å². The van der Waals surface area contributed by atoms with E-state index in [4.69, 9.17) is 0 Å².